The van der Waals surface area contributed by atoms with Gasteiger partial charge in [0.15, 0.2) is 5.65 Å². The van der Waals surface area contributed by atoms with Gasteiger partial charge >= 0.3 is 0 Å². The number of aromatic nitrogens is 4. The number of hydrogen-bond donors (Lipinski definition) is 1. The third kappa shape index (κ3) is 1.42. The highest BCUT2D eigenvalue weighted by Gasteiger charge is 2.07. The third-order valence-electron chi connectivity index (χ3n) is 2.02. The van der Waals surface area contributed by atoms with E-state index in [1.54, 1.807) is 0 Å². The summed E-state index contributed by atoms with van der Waals surface area (Å²) in [4.78, 5) is 15.5. The maximum Gasteiger partial charge on any atom is 0.282 e. The van der Waals surface area contributed by atoms with Crippen LogP contribution in [0, 0.1) is 11.3 Å². The van der Waals surface area contributed by atoms with E-state index in [0.717, 1.165) is 4.68 Å². The van der Waals surface area contributed by atoms with Gasteiger partial charge in [-0.05, 0) is 0 Å². The van der Waals surface area contributed by atoms with E-state index in [-0.39, 0.29) is 5.56 Å². The second-order valence-corrected chi connectivity index (χ2v) is 2.97. The van der Waals surface area contributed by atoms with E-state index >= 15 is 0 Å². The zero-order valence-corrected chi connectivity index (χ0v) is 7.79. The van der Waals surface area contributed by atoms with Gasteiger partial charge in [-0.1, -0.05) is 0 Å². The average Bonchev–Trinajstić information content (AvgIpc) is 2.64. The highest BCUT2D eigenvalue weighted by Crippen LogP contribution is 2.04. The topological polar surface area (TPSA) is 103 Å². The number of rotatable bonds is 2. The van der Waals surface area contributed by atoms with E-state index < -0.39 is 0 Å². The van der Waals surface area contributed by atoms with Gasteiger partial charge in [-0.15, -0.1) is 0 Å². The number of aryl methyl sites for hydroxylation is 1. The molecule has 0 atom stereocenters. The molecule has 0 unspecified atom stereocenters. The zero-order valence-electron chi connectivity index (χ0n) is 7.79. The molecule has 2 aromatic heterocycles. The second-order valence-electron chi connectivity index (χ2n) is 2.97. The zero-order chi connectivity index (χ0) is 10.8. The molecule has 2 heterocycles. The van der Waals surface area contributed by atoms with Crippen molar-refractivity contribution in [1.29, 1.82) is 5.26 Å². The number of fused-ring (bicyclic) bond motifs is 1. The molecular formula is C8H8N6O. The van der Waals surface area contributed by atoms with Crippen molar-refractivity contribution in [3.8, 4) is 6.07 Å². The molecule has 0 bridgehead atoms. The summed E-state index contributed by atoms with van der Waals surface area (Å²) in [6.07, 6.45) is 2.96. The monoisotopic (exact) mass is 204 g/mol. The molecule has 0 aliphatic carbocycles. The number of nitriles is 1. The molecule has 0 aliphatic rings. The molecule has 2 N–H and O–H groups in total. The van der Waals surface area contributed by atoms with Crippen LogP contribution in [0.4, 0.5) is 0 Å². The van der Waals surface area contributed by atoms with E-state index in [4.69, 9.17) is 11.1 Å². The van der Waals surface area contributed by atoms with Crippen LogP contribution in [0.25, 0.3) is 11.0 Å². The van der Waals surface area contributed by atoms with Gasteiger partial charge in [-0.25, -0.2) is 14.3 Å². The molecule has 0 saturated heterocycles. The summed E-state index contributed by atoms with van der Waals surface area (Å²) in [5, 5.41) is 12.8. The van der Waals surface area contributed by atoms with Gasteiger partial charge < -0.3 is 5.84 Å². The van der Waals surface area contributed by atoms with Gasteiger partial charge in [0.25, 0.3) is 5.56 Å². The Morgan fingerprint density at radius 2 is 2.40 bits per heavy atom. The van der Waals surface area contributed by atoms with E-state index in [9.17, 15) is 4.79 Å². The highest BCUT2D eigenvalue weighted by atomic mass is 16.1. The summed E-state index contributed by atoms with van der Waals surface area (Å²) in [7, 11) is 0. The Morgan fingerprint density at radius 3 is 3.13 bits per heavy atom. The minimum atomic E-state index is -0.344. The fourth-order valence-corrected chi connectivity index (χ4v) is 1.29. The normalized spacial score (nSPS) is 10.3. The minimum absolute atomic E-state index is 0.324. The number of nitrogens with two attached hydrogens (primary N) is 1. The van der Waals surface area contributed by atoms with Crippen LogP contribution >= 0.6 is 0 Å². The molecule has 0 radical (unpaired) electrons. The molecule has 0 aliphatic heterocycles. The Balaban J connectivity index is 2.58. The third-order valence-corrected chi connectivity index (χ3v) is 2.02. The van der Waals surface area contributed by atoms with Gasteiger partial charge in [0, 0.05) is 0 Å². The van der Waals surface area contributed by atoms with Crippen LogP contribution < -0.4 is 11.4 Å². The van der Waals surface area contributed by atoms with Crippen molar-refractivity contribution in [2.45, 2.75) is 13.0 Å². The molecule has 7 heteroatoms. The molecule has 0 amide bonds. The molecule has 0 aromatic carbocycles. The molecule has 76 valence electrons. The standard InChI is InChI=1S/C8H8N6O/c9-2-1-3-14-7-6(4-12-14)8(15)13(10)5-11-7/h4-5H,1,3,10H2. The lowest BCUT2D eigenvalue weighted by Gasteiger charge is -1.99. The number of nitrogen functional groups attached to an aromatic ring is 1. The first-order valence-electron chi connectivity index (χ1n) is 4.29. The first kappa shape index (κ1) is 9.21. The Hall–Kier alpha value is -2.36. The quantitative estimate of drug-likeness (QED) is 0.646. The van der Waals surface area contributed by atoms with E-state index in [2.05, 4.69) is 10.1 Å². The maximum atomic E-state index is 11.5. The Morgan fingerprint density at radius 1 is 1.60 bits per heavy atom. The summed E-state index contributed by atoms with van der Waals surface area (Å²) < 4.78 is 2.42. The molecule has 2 rings (SSSR count). The first-order valence-corrected chi connectivity index (χ1v) is 4.29. The van der Waals surface area contributed by atoms with Crippen LogP contribution in [0.1, 0.15) is 6.42 Å². The summed E-state index contributed by atoms with van der Waals surface area (Å²) in [5.74, 6) is 5.35. The lowest BCUT2D eigenvalue weighted by Crippen LogP contribution is -2.27. The molecule has 15 heavy (non-hydrogen) atoms. The molecule has 0 spiro atoms. The smallest absolute Gasteiger partial charge is 0.282 e. The van der Waals surface area contributed by atoms with E-state index in [0.29, 0.717) is 24.0 Å². The van der Waals surface area contributed by atoms with Crippen molar-refractivity contribution in [2.75, 3.05) is 5.84 Å². The molecule has 7 nitrogen and oxygen atoms in total. The fourth-order valence-electron chi connectivity index (χ4n) is 1.29. The predicted molar refractivity (Wildman–Crippen MR) is 52.2 cm³/mol. The lowest BCUT2D eigenvalue weighted by atomic mass is 10.4. The molecule has 0 fully saturated rings. The summed E-state index contributed by atoms with van der Waals surface area (Å²) >= 11 is 0. The maximum absolute atomic E-state index is 11.5. The van der Waals surface area contributed by atoms with Crippen LogP contribution in [0.5, 0.6) is 0 Å². The minimum Gasteiger partial charge on any atom is -0.335 e. The lowest BCUT2D eigenvalue weighted by molar-refractivity contribution is 0.642. The van der Waals surface area contributed by atoms with Crippen LogP contribution in [0.2, 0.25) is 0 Å². The van der Waals surface area contributed by atoms with Gasteiger partial charge in [0.1, 0.15) is 11.7 Å². The second kappa shape index (κ2) is 3.42. The van der Waals surface area contributed by atoms with E-state index in [1.165, 1.54) is 17.2 Å². The molecule has 2 aromatic rings. The summed E-state index contributed by atoms with van der Waals surface area (Å²) in [6, 6.07) is 2.00. The van der Waals surface area contributed by atoms with Crippen LogP contribution in [-0.4, -0.2) is 19.4 Å². The summed E-state index contributed by atoms with van der Waals surface area (Å²) in [5.41, 5.74) is 0.111. The van der Waals surface area contributed by atoms with Crippen LogP contribution in [0.3, 0.4) is 0 Å². The number of hydrogen-bond acceptors (Lipinski definition) is 5. The highest BCUT2D eigenvalue weighted by molar-refractivity contribution is 5.72. The molecule has 0 saturated carbocycles. The van der Waals surface area contributed by atoms with Gasteiger partial charge in [-0.2, -0.15) is 10.4 Å². The summed E-state index contributed by atoms with van der Waals surface area (Å²) in [6.45, 7) is 0.418. The van der Waals surface area contributed by atoms with Crippen molar-refractivity contribution < 1.29 is 0 Å². The van der Waals surface area contributed by atoms with Gasteiger partial charge in [0.05, 0.1) is 25.2 Å². The van der Waals surface area contributed by atoms with Crippen LogP contribution in [-0.2, 0) is 6.54 Å². The van der Waals surface area contributed by atoms with Crippen molar-refractivity contribution in [1.82, 2.24) is 19.4 Å². The SMILES string of the molecule is N#CCCn1ncc2c(=O)n(N)cnc21. The number of nitrogens with zero attached hydrogens (tertiary/aromatic N) is 5. The van der Waals surface area contributed by atoms with Crippen molar-refractivity contribution in [2.24, 2.45) is 0 Å². The molecular weight excluding hydrogens is 196 g/mol. The average molecular weight is 204 g/mol. The largest absolute Gasteiger partial charge is 0.335 e. The fraction of sp³-hybridized carbons (Fsp3) is 0.250. The van der Waals surface area contributed by atoms with E-state index in [1.807, 2.05) is 6.07 Å². The van der Waals surface area contributed by atoms with Gasteiger partial charge in [0.2, 0.25) is 0 Å². The van der Waals surface area contributed by atoms with Gasteiger partial charge in [-0.3, -0.25) is 4.79 Å². The first-order chi connectivity index (χ1) is 7.24. The Labute approximate surface area is 84.3 Å². The Kier molecular flexibility index (Phi) is 2.10. The predicted octanol–water partition coefficient (Wildman–Crippen LogP) is -0.780. The van der Waals surface area contributed by atoms with Crippen LogP contribution in [0.15, 0.2) is 17.3 Å². The van der Waals surface area contributed by atoms with Crippen molar-refractivity contribution >= 4 is 11.0 Å². The van der Waals surface area contributed by atoms with Crippen molar-refractivity contribution in [3.05, 3.63) is 22.9 Å². The van der Waals surface area contributed by atoms with Crippen molar-refractivity contribution in [3.63, 3.8) is 0 Å². The Bertz CT molecular complexity index is 589.